The van der Waals surface area contributed by atoms with Crippen molar-refractivity contribution < 1.29 is 27.5 Å². The molecule has 0 heterocycles. The number of ether oxygens (including phenoxy) is 2. The monoisotopic (exact) mass is 538 g/mol. The molecule has 4 rings (SSSR count). The standard InChI is InChI=1S/C29H34N2O6S/c1-20-7-6-10-27(21(20)2)30-28(32)18-37-29(33)19-36-25-14-12-24(13-15-25)31(3)38(34,35)26-16-11-22-8-4-5-9-23(22)17-26/h4-5,8-9,11-17,20-21,27H,6-7,10,18-19H2,1-3H3,(H,30,32). The van der Waals surface area contributed by atoms with E-state index in [0.29, 0.717) is 23.3 Å². The second-order valence-electron chi connectivity index (χ2n) is 9.87. The Balaban J connectivity index is 1.27. The first kappa shape index (κ1) is 27.4. The van der Waals surface area contributed by atoms with E-state index < -0.39 is 16.0 Å². The van der Waals surface area contributed by atoms with Gasteiger partial charge in [-0.2, -0.15) is 0 Å². The van der Waals surface area contributed by atoms with Crippen LogP contribution in [0.25, 0.3) is 10.8 Å². The lowest BCUT2D eigenvalue weighted by Gasteiger charge is -2.34. The van der Waals surface area contributed by atoms with Crippen LogP contribution in [0, 0.1) is 11.8 Å². The molecule has 1 fully saturated rings. The molecule has 0 saturated heterocycles. The largest absolute Gasteiger partial charge is 0.482 e. The van der Waals surface area contributed by atoms with Gasteiger partial charge in [0.1, 0.15) is 5.75 Å². The Kier molecular flexibility index (Phi) is 8.56. The number of nitrogens with one attached hydrogen (secondary N) is 1. The molecule has 0 aromatic heterocycles. The Bertz CT molecular complexity index is 1390. The summed E-state index contributed by atoms with van der Waals surface area (Å²) in [6.07, 6.45) is 3.18. The number of benzene rings is 3. The van der Waals surface area contributed by atoms with Gasteiger partial charge < -0.3 is 14.8 Å². The fourth-order valence-corrected chi connectivity index (χ4v) is 5.97. The molecule has 1 N–H and O–H groups in total. The van der Waals surface area contributed by atoms with E-state index in [-0.39, 0.29) is 30.1 Å². The third-order valence-electron chi connectivity index (χ3n) is 7.35. The van der Waals surface area contributed by atoms with Crippen molar-refractivity contribution >= 4 is 38.4 Å². The zero-order valence-corrected chi connectivity index (χ0v) is 22.7. The van der Waals surface area contributed by atoms with Crippen LogP contribution in [-0.2, 0) is 24.3 Å². The van der Waals surface area contributed by atoms with Gasteiger partial charge in [0.25, 0.3) is 15.9 Å². The molecule has 3 unspecified atom stereocenters. The van der Waals surface area contributed by atoms with E-state index in [1.807, 2.05) is 24.3 Å². The lowest BCUT2D eigenvalue weighted by molar-refractivity contribution is -0.150. The Morgan fingerprint density at radius 2 is 1.66 bits per heavy atom. The van der Waals surface area contributed by atoms with E-state index >= 15 is 0 Å². The van der Waals surface area contributed by atoms with Crippen LogP contribution < -0.4 is 14.4 Å². The second-order valence-corrected chi connectivity index (χ2v) is 11.8. The average Bonchev–Trinajstić information content (AvgIpc) is 2.92. The third kappa shape index (κ3) is 6.45. The van der Waals surface area contributed by atoms with E-state index in [1.54, 1.807) is 42.5 Å². The summed E-state index contributed by atoms with van der Waals surface area (Å²) in [6.45, 7) is 3.61. The maximum atomic E-state index is 13.2. The van der Waals surface area contributed by atoms with Crippen molar-refractivity contribution in [3.8, 4) is 5.75 Å². The SMILES string of the molecule is CC1CCCC(NC(=O)COC(=O)COc2ccc(N(C)S(=O)(=O)c3ccc4ccccc4c3)cc2)C1C. The molecule has 0 aliphatic heterocycles. The minimum absolute atomic E-state index is 0.0999. The molecule has 3 aromatic carbocycles. The number of nitrogens with zero attached hydrogens (tertiary/aromatic N) is 1. The van der Waals surface area contributed by atoms with E-state index in [1.165, 1.54) is 11.4 Å². The summed E-state index contributed by atoms with van der Waals surface area (Å²) in [5.74, 6) is 0.331. The predicted molar refractivity (Wildman–Crippen MR) is 147 cm³/mol. The Morgan fingerprint density at radius 1 is 0.947 bits per heavy atom. The molecule has 9 heteroatoms. The number of sulfonamides is 1. The van der Waals surface area contributed by atoms with Crippen molar-refractivity contribution in [1.82, 2.24) is 5.32 Å². The summed E-state index contributed by atoms with van der Waals surface area (Å²) < 4.78 is 38.0. The quantitative estimate of drug-likeness (QED) is 0.402. The summed E-state index contributed by atoms with van der Waals surface area (Å²) in [5, 5.41) is 4.77. The number of hydrogen-bond acceptors (Lipinski definition) is 6. The van der Waals surface area contributed by atoms with Crippen LogP contribution in [0.5, 0.6) is 5.75 Å². The number of rotatable bonds is 9. The molecule has 0 spiro atoms. The highest BCUT2D eigenvalue weighted by Crippen LogP contribution is 2.29. The van der Waals surface area contributed by atoms with E-state index in [9.17, 15) is 18.0 Å². The van der Waals surface area contributed by atoms with Crippen LogP contribution >= 0.6 is 0 Å². The number of fused-ring (bicyclic) bond motifs is 1. The average molecular weight is 539 g/mol. The fourth-order valence-electron chi connectivity index (χ4n) is 4.74. The molecular formula is C29H34N2O6S. The van der Waals surface area contributed by atoms with E-state index in [4.69, 9.17) is 9.47 Å². The van der Waals surface area contributed by atoms with Crippen molar-refractivity contribution in [1.29, 1.82) is 0 Å². The van der Waals surface area contributed by atoms with Crippen LogP contribution in [0.3, 0.4) is 0 Å². The Labute approximate surface area is 224 Å². The molecule has 3 atom stereocenters. The molecule has 38 heavy (non-hydrogen) atoms. The van der Waals surface area contributed by atoms with Gasteiger partial charge >= 0.3 is 5.97 Å². The summed E-state index contributed by atoms with van der Waals surface area (Å²) in [5.41, 5.74) is 0.441. The van der Waals surface area contributed by atoms with Gasteiger partial charge in [-0.15, -0.1) is 0 Å². The number of anilines is 1. The summed E-state index contributed by atoms with van der Waals surface area (Å²) in [7, 11) is -2.29. The number of carbonyl (C=O) groups excluding carboxylic acids is 2. The van der Waals surface area contributed by atoms with Gasteiger partial charge in [0.15, 0.2) is 13.2 Å². The first-order valence-electron chi connectivity index (χ1n) is 12.8. The zero-order valence-electron chi connectivity index (χ0n) is 21.9. The van der Waals surface area contributed by atoms with Crippen molar-refractivity contribution in [2.45, 2.75) is 44.0 Å². The lowest BCUT2D eigenvalue weighted by atomic mass is 9.78. The molecule has 1 amide bonds. The second kappa shape index (κ2) is 11.9. The van der Waals surface area contributed by atoms with Gasteiger partial charge in [-0.05, 0) is 65.4 Å². The molecule has 0 bridgehead atoms. The van der Waals surface area contributed by atoms with Crippen molar-refractivity contribution in [2.24, 2.45) is 11.8 Å². The van der Waals surface area contributed by atoms with E-state index in [0.717, 1.165) is 30.0 Å². The lowest BCUT2D eigenvalue weighted by Crippen LogP contribution is -2.45. The zero-order chi connectivity index (χ0) is 27.3. The molecule has 1 aliphatic carbocycles. The van der Waals surface area contributed by atoms with Gasteiger partial charge in [0.05, 0.1) is 10.6 Å². The number of hydrogen-bond donors (Lipinski definition) is 1. The van der Waals surface area contributed by atoms with Crippen molar-refractivity contribution in [2.75, 3.05) is 24.6 Å². The predicted octanol–water partition coefficient (Wildman–Crippen LogP) is 4.53. The van der Waals surface area contributed by atoms with Gasteiger partial charge in [-0.3, -0.25) is 9.10 Å². The maximum Gasteiger partial charge on any atom is 0.344 e. The molecule has 8 nitrogen and oxygen atoms in total. The summed E-state index contributed by atoms with van der Waals surface area (Å²) in [6, 6.07) is 19.0. The summed E-state index contributed by atoms with van der Waals surface area (Å²) >= 11 is 0. The molecule has 3 aromatic rings. The van der Waals surface area contributed by atoms with Crippen LogP contribution in [0.1, 0.15) is 33.1 Å². The van der Waals surface area contributed by atoms with Crippen LogP contribution in [-0.4, -0.2) is 46.6 Å². The molecule has 1 saturated carbocycles. The molecular weight excluding hydrogens is 504 g/mol. The van der Waals surface area contributed by atoms with Crippen LogP contribution in [0.2, 0.25) is 0 Å². The molecule has 1 aliphatic rings. The smallest absolute Gasteiger partial charge is 0.344 e. The fraction of sp³-hybridized carbons (Fsp3) is 0.379. The first-order chi connectivity index (χ1) is 18.1. The van der Waals surface area contributed by atoms with Gasteiger partial charge in [0.2, 0.25) is 0 Å². The minimum Gasteiger partial charge on any atom is -0.482 e. The third-order valence-corrected chi connectivity index (χ3v) is 9.14. The highest BCUT2D eigenvalue weighted by atomic mass is 32.2. The normalized spacial score (nSPS) is 19.5. The maximum absolute atomic E-state index is 13.2. The van der Waals surface area contributed by atoms with Gasteiger partial charge in [0, 0.05) is 13.1 Å². The number of carbonyl (C=O) groups is 2. The molecule has 202 valence electrons. The topological polar surface area (TPSA) is 102 Å². The van der Waals surface area contributed by atoms with Crippen LogP contribution in [0.4, 0.5) is 5.69 Å². The van der Waals surface area contributed by atoms with Crippen molar-refractivity contribution in [3.63, 3.8) is 0 Å². The first-order valence-corrected chi connectivity index (χ1v) is 14.2. The number of esters is 1. The number of amides is 1. The van der Waals surface area contributed by atoms with Gasteiger partial charge in [-0.1, -0.05) is 57.0 Å². The Morgan fingerprint density at radius 3 is 2.39 bits per heavy atom. The van der Waals surface area contributed by atoms with E-state index in [2.05, 4.69) is 19.2 Å². The van der Waals surface area contributed by atoms with Crippen LogP contribution in [0.15, 0.2) is 71.6 Å². The molecule has 0 radical (unpaired) electrons. The van der Waals surface area contributed by atoms with Gasteiger partial charge in [-0.25, -0.2) is 13.2 Å². The Hall–Kier alpha value is -3.59. The van der Waals surface area contributed by atoms with Crippen molar-refractivity contribution in [3.05, 3.63) is 66.7 Å². The highest BCUT2D eigenvalue weighted by molar-refractivity contribution is 7.92. The summed E-state index contributed by atoms with van der Waals surface area (Å²) in [4.78, 5) is 24.5. The highest BCUT2D eigenvalue weighted by Gasteiger charge is 2.28. The minimum atomic E-state index is -3.77.